The molecule has 0 atom stereocenters. The highest BCUT2D eigenvalue weighted by Crippen LogP contribution is 2.51. The Morgan fingerprint density at radius 2 is 0.500 bits per heavy atom. The van der Waals surface area contributed by atoms with Crippen molar-refractivity contribution in [1.29, 1.82) is 0 Å². The number of hydrogen-bond acceptors (Lipinski definition) is 2. The normalized spacial score (nSPS) is 11.9. The van der Waals surface area contributed by atoms with Gasteiger partial charge in [0.25, 0.3) is 0 Å². The molecule has 2 aromatic heterocycles. The van der Waals surface area contributed by atoms with E-state index < -0.39 is 0 Å². The van der Waals surface area contributed by atoms with Crippen molar-refractivity contribution in [1.82, 2.24) is 0 Å². The van der Waals surface area contributed by atoms with Crippen molar-refractivity contribution in [2.45, 2.75) is 0 Å². The second-order valence-electron chi connectivity index (χ2n) is 24.5. The molecule has 0 N–H and O–H groups in total. The Morgan fingerprint density at radius 1 is 0.152 bits per heavy atom. The van der Waals surface area contributed by atoms with Crippen LogP contribution in [-0.4, -0.2) is 0 Å². The molecule has 0 aliphatic heterocycles. The highest BCUT2D eigenvalue weighted by atomic mass is 16.3. The number of hydrogen-bond donors (Lipinski definition) is 0. The van der Waals surface area contributed by atoms with Gasteiger partial charge in [-0.15, -0.1) is 0 Å². The van der Waals surface area contributed by atoms with Crippen LogP contribution in [-0.2, 0) is 0 Å². The quantitative estimate of drug-likeness (QED) is 0.142. The largest absolute Gasteiger partial charge is 0.456 e. The minimum absolute atomic E-state index is 0.851. The van der Waals surface area contributed by atoms with Gasteiger partial charge >= 0.3 is 0 Å². The van der Waals surface area contributed by atoms with Crippen LogP contribution in [0.5, 0.6) is 0 Å². The van der Waals surface area contributed by atoms with Crippen LogP contribution >= 0.6 is 0 Å². The van der Waals surface area contributed by atoms with E-state index in [9.17, 15) is 0 Å². The molecule has 0 aliphatic carbocycles. The van der Waals surface area contributed by atoms with Crippen LogP contribution in [0.25, 0.3) is 198 Å². The van der Waals surface area contributed by atoms with Crippen LogP contribution in [0.4, 0.5) is 0 Å². The highest BCUT2D eigenvalue weighted by Gasteiger charge is 2.24. The predicted molar refractivity (Wildman–Crippen MR) is 390 cm³/mol. The molecule has 0 unspecified atom stereocenters. The third-order valence-electron chi connectivity index (χ3n) is 19.4. The summed E-state index contributed by atoms with van der Waals surface area (Å²) in [4.78, 5) is 0. The third-order valence-corrected chi connectivity index (χ3v) is 19.4. The summed E-state index contributed by atoms with van der Waals surface area (Å²) in [6.07, 6.45) is 0. The van der Waals surface area contributed by atoms with Gasteiger partial charge in [0.05, 0.1) is 0 Å². The monoisotopic (exact) mass is 1170 g/mol. The molecule has 2 nitrogen and oxygen atoms in total. The summed E-state index contributed by atoms with van der Waals surface area (Å²) in [5, 5.41) is 18.8. The molecule has 2 heterocycles. The van der Waals surface area contributed by atoms with Gasteiger partial charge in [0.2, 0.25) is 0 Å². The number of furan rings is 2. The van der Waals surface area contributed by atoms with Crippen LogP contribution in [0, 0.1) is 0 Å². The van der Waals surface area contributed by atoms with Gasteiger partial charge in [0.1, 0.15) is 22.3 Å². The first kappa shape index (κ1) is 51.9. The molecule has 2 heteroatoms. The fourth-order valence-corrected chi connectivity index (χ4v) is 15.2. The number of fused-ring (bicyclic) bond motifs is 13. The van der Waals surface area contributed by atoms with Crippen LogP contribution in [0.1, 0.15) is 0 Å². The summed E-state index contributed by atoms with van der Waals surface area (Å²) in [6, 6.07) is 120. The first-order chi connectivity index (χ1) is 45.6. The lowest BCUT2D eigenvalue weighted by Gasteiger charge is -2.20. The maximum absolute atomic E-state index is 7.26. The minimum Gasteiger partial charge on any atom is -0.456 e. The van der Waals surface area contributed by atoms with E-state index >= 15 is 0 Å². The molecular weight excluding hydrogens is 1110 g/mol. The minimum atomic E-state index is 0.851. The maximum atomic E-state index is 7.26. The zero-order chi connectivity index (χ0) is 60.4. The SMILES string of the molecule is c1ccc(-c2ccc(-c3c4ccccc4c(-c4ccccc4)c4cc(-c5ccc6oc7c(-c8ccc9c(-c%10ccccc%10)c%10ccc(-c%11ccc%12oc%13ccc%14ccccc%14c%13c%12c%11)cc%10c(-c%10ccccc%10)c9c8)c8ccccc8cc7c6c5)ccc34)cc2)cc1. The second-order valence-corrected chi connectivity index (χ2v) is 24.5. The van der Waals surface area contributed by atoms with E-state index in [1.54, 1.807) is 0 Å². The van der Waals surface area contributed by atoms with Crippen molar-refractivity contribution in [3.63, 3.8) is 0 Å². The highest BCUT2D eigenvalue weighted by molar-refractivity contribution is 6.26. The molecular formula is C90H54O2. The molecule has 426 valence electrons. The van der Waals surface area contributed by atoms with Gasteiger partial charge in [0.15, 0.2) is 0 Å². The first-order valence-corrected chi connectivity index (χ1v) is 31.7. The summed E-state index contributed by atoms with van der Waals surface area (Å²) >= 11 is 0. The molecule has 19 rings (SSSR count). The fourth-order valence-electron chi connectivity index (χ4n) is 15.2. The van der Waals surface area contributed by atoms with E-state index in [1.165, 1.54) is 104 Å². The lowest BCUT2D eigenvalue weighted by atomic mass is 9.83. The van der Waals surface area contributed by atoms with Gasteiger partial charge in [-0.1, -0.05) is 273 Å². The predicted octanol–water partition coefficient (Wildman–Crippen LogP) is 25.7. The molecule has 92 heavy (non-hydrogen) atoms. The molecule has 0 aliphatic rings. The topological polar surface area (TPSA) is 26.3 Å². The van der Waals surface area contributed by atoms with Crippen molar-refractivity contribution in [2.75, 3.05) is 0 Å². The van der Waals surface area contributed by atoms with E-state index in [1.807, 2.05) is 0 Å². The molecule has 0 amide bonds. The molecule has 0 radical (unpaired) electrons. The van der Waals surface area contributed by atoms with E-state index in [4.69, 9.17) is 8.83 Å². The Kier molecular flexibility index (Phi) is 11.7. The van der Waals surface area contributed by atoms with Crippen molar-refractivity contribution in [3.8, 4) is 89.0 Å². The van der Waals surface area contributed by atoms with Crippen molar-refractivity contribution >= 4 is 109 Å². The molecule has 0 bridgehead atoms. The lowest BCUT2D eigenvalue weighted by Crippen LogP contribution is -1.93. The molecule has 17 aromatic carbocycles. The molecule has 0 saturated carbocycles. The molecule has 0 saturated heterocycles. The van der Waals surface area contributed by atoms with Gasteiger partial charge in [-0.05, 0) is 203 Å². The Hall–Kier alpha value is -12.1. The van der Waals surface area contributed by atoms with E-state index in [2.05, 4.69) is 328 Å². The smallest absolute Gasteiger partial charge is 0.143 e. The van der Waals surface area contributed by atoms with Crippen LogP contribution in [0.15, 0.2) is 336 Å². The maximum Gasteiger partial charge on any atom is 0.143 e. The van der Waals surface area contributed by atoms with E-state index in [0.29, 0.717) is 0 Å². The average Bonchev–Trinajstić information content (AvgIpc) is 0.954. The molecule has 19 aromatic rings. The zero-order valence-corrected chi connectivity index (χ0v) is 50.0. The Balaban J connectivity index is 0.809. The average molecular weight is 1170 g/mol. The molecule has 0 spiro atoms. The zero-order valence-electron chi connectivity index (χ0n) is 50.0. The second kappa shape index (κ2) is 20.8. The van der Waals surface area contributed by atoms with E-state index in [-0.39, 0.29) is 0 Å². The molecule has 0 fully saturated rings. The number of rotatable bonds is 8. The van der Waals surface area contributed by atoms with Crippen molar-refractivity contribution in [2.24, 2.45) is 0 Å². The Bertz CT molecular complexity index is 6200. The van der Waals surface area contributed by atoms with Crippen LogP contribution < -0.4 is 0 Å². The van der Waals surface area contributed by atoms with Gasteiger partial charge in [-0.2, -0.15) is 0 Å². The van der Waals surface area contributed by atoms with Gasteiger partial charge in [-0.3, -0.25) is 0 Å². The Morgan fingerprint density at radius 3 is 1.07 bits per heavy atom. The van der Waals surface area contributed by atoms with Gasteiger partial charge in [0, 0.05) is 27.1 Å². The Labute approximate surface area is 530 Å². The van der Waals surface area contributed by atoms with Gasteiger partial charge in [-0.25, -0.2) is 0 Å². The van der Waals surface area contributed by atoms with Crippen molar-refractivity contribution in [3.05, 3.63) is 328 Å². The van der Waals surface area contributed by atoms with Crippen LogP contribution in [0.2, 0.25) is 0 Å². The van der Waals surface area contributed by atoms with E-state index in [0.717, 1.165) is 93.6 Å². The van der Waals surface area contributed by atoms with Crippen molar-refractivity contribution < 1.29 is 8.83 Å². The lowest BCUT2D eigenvalue weighted by molar-refractivity contribution is 0.669. The summed E-state index contributed by atoms with van der Waals surface area (Å²) in [5.74, 6) is 0. The summed E-state index contributed by atoms with van der Waals surface area (Å²) in [5.41, 5.74) is 22.2. The van der Waals surface area contributed by atoms with Crippen LogP contribution in [0.3, 0.4) is 0 Å². The first-order valence-electron chi connectivity index (χ1n) is 31.7. The summed E-state index contributed by atoms with van der Waals surface area (Å²) in [6.45, 7) is 0. The third kappa shape index (κ3) is 8.21. The summed E-state index contributed by atoms with van der Waals surface area (Å²) in [7, 11) is 0. The summed E-state index contributed by atoms with van der Waals surface area (Å²) < 4.78 is 13.8. The number of benzene rings is 17. The fraction of sp³-hybridized carbons (Fsp3) is 0. The van der Waals surface area contributed by atoms with Gasteiger partial charge < -0.3 is 8.83 Å². The standard InChI is InChI=1S/C90H54O2/c1-5-19-55(20-6-1)56-33-35-61(36-34-56)85-70-31-17-18-32-71(70)86(59-24-9-3-10-25-59)76-50-62(37-43-72(76)85)64-41-46-81-75(49-64)79-53-66-28-14-16-30-69(66)88(90(79)92-81)67-39-45-74-78(54-67)87(60-26-11-4-12-27-60)77-51-63(38-44-73(77)84(74)58-22-7-2-8-23-58)65-42-47-82-80(52-65)89-68-29-15-13-21-57(68)40-48-83(89)91-82/h1-54H.